The van der Waals surface area contributed by atoms with E-state index in [9.17, 15) is 4.39 Å². The molecule has 0 saturated heterocycles. The second kappa shape index (κ2) is 7.41. The van der Waals surface area contributed by atoms with Gasteiger partial charge in [0.15, 0.2) is 0 Å². The van der Waals surface area contributed by atoms with Crippen molar-refractivity contribution in [1.82, 2.24) is 10.2 Å². The highest BCUT2D eigenvalue weighted by Gasteiger charge is 2.09. The van der Waals surface area contributed by atoms with Crippen molar-refractivity contribution in [2.75, 3.05) is 27.2 Å². The van der Waals surface area contributed by atoms with Gasteiger partial charge in [0, 0.05) is 13.1 Å². The van der Waals surface area contributed by atoms with Crippen LogP contribution in [-0.2, 0) is 6.54 Å². The third kappa shape index (κ3) is 5.29. The largest absolute Gasteiger partial charge is 0.319 e. The fourth-order valence-electron chi connectivity index (χ4n) is 2.08. The Hall–Kier alpha value is -0.930. The zero-order valence-corrected chi connectivity index (χ0v) is 11.0. The van der Waals surface area contributed by atoms with Crippen LogP contribution in [0, 0.1) is 11.7 Å². The average Bonchev–Trinajstić information content (AvgIpc) is 2.28. The van der Waals surface area contributed by atoms with Crippen LogP contribution in [0.5, 0.6) is 0 Å². The van der Waals surface area contributed by atoms with Gasteiger partial charge in [0.2, 0.25) is 0 Å². The van der Waals surface area contributed by atoms with Gasteiger partial charge in [-0.25, -0.2) is 4.39 Å². The van der Waals surface area contributed by atoms with Crippen LogP contribution in [-0.4, -0.2) is 32.1 Å². The van der Waals surface area contributed by atoms with Gasteiger partial charge < -0.3 is 10.2 Å². The molecule has 1 aromatic rings. The van der Waals surface area contributed by atoms with Gasteiger partial charge >= 0.3 is 0 Å². The van der Waals surface area contributed by atoms with E-state index in [2.05, 4.69) is 24.2 Å². The summed E-state index contributed by atoms with van der Waals surface area (Å²) in [4.78, 5) is 2.25. The molecule has 0 bridgehead atoms. The lowest BCUT2D eigenvalue weighted by molar-refractivity contribution is 0.261. The maximum absolute atomic E-state index is 13.0. The molecule has 1 N–H and O–H groups in total. The van der Waals surface area contributed by atoms with E-state index in [1.54, 1.807) is 12.1 Å². The van der Waals surface area contributed by atoms with Crippen molar-refractivity contribution in [2.24, 2.45) is 5.92 Å². The predicted molar refractivity (Wildman–Crippen MR) is 70.4 cm³/mol. The molecule has 0 aliphatic rings. The van der Waals surface area contributed by atoms with Crippen LogP contribution in [0.15, 0.2) is 24.3 Å². The molecule has 1 atom stereocenters. The molecule has 0 aliphatic heterocycles. The van der Waals surface area contributed by atoms with Gasteiger partial charge in [0.1, 0.15) is 5.82 Å². The molecule has 1 aromatic carbocycles. The van der Waals surface area contributed by atoms with Crippen LogP contribution >= 0.6 is 0 Å². The van der Waals surface area contributed by atoms with Crippen molar-refractivity contribution in [3.63, 3.8) is 0 Å². The summed E-state index contributed by atoms with van der Waals surface area (Å²) in [5.74, 6) is 0.497. The van der Waals surface area contributed by atoms with Crippen molar-refractivity contribution >= 4 is 0 Å². The van der Waals surface area contributed by atoms with Crippen molar-refractivity contribution in [3.8, 4) is 0 Å². The zero-order chi connectivity index (χ0) is 12.7. The van der Waals surface area contributed by atoms with E-state index in [4.69, 9.17) is 0 Å². The molecule has 1 unspecified atom stereocenters. The molecule has 0 radical (unpaired) electrons. The van der Waals surface area contributed by atoms with Crippen LogP contribution in [0.25, 0.3) is 0 Å². The average molecular weight is 238 g/mol. The molecule has 17 heavy (non-hydrogen) atoms. The highest BCUT2D eigenvalue weighted by Crippen LogP contribution is 2.09. The van der Waals surface area contributed by atoms with Gasteiger partial charge in [-0.3, -0.25) is 0 Å². The Morgan fingerprint density at radius 2 is 2.18 bits per heavy atom. The molecular weight excluding hydrogens is 215 g/mol. The standard InChI is InChI=1S/C14H23FN2/c1-4-12(9-16-2)10-17(3)11-13-6-5-7-14(15)8-13/h5-8,12,16H,4,9-11H2,1-3H3. The number of benzene rings is 1. The molecule has 0 amide bonds. The number of nitrogens with one attached hydrogen (secondary N) is 1. The molecule has 1 rings (SSSR count). The summed E-state index contributed by atoms with van der Waals surface area (Å²) in [5, 5.41) is 3.21. The van der Waals surface area contributed by atoms with Crippen LogP contribution in [0.2, 0.25) is 0 Å². The summed E-state index contributed by atoms with van der Waals surface area (Å²) in [7, 11) is 4.07. The Bertz CT molecular complexity index is 328. The molecule has 0 fully saturated rings. The van der Waals surface area contributed by atoms with Crippen LogP contribution < -0.4 is 5.32 Å². The highest BCUT2D eigenvalue weighted by molar-refractivity contribution is 5.15. The Morgan fingerprint density at radius 3 is 2.76 bits per heavy atom. The normalized spacial score (nSPS) is 13.0. The predicted octanol–water partition coefficient (Wildman–Crippen LogP) is 2.50. The fraction of sp³-hybridized carbons (Fsp3) is 0.571. The lowest BCUT2D eigenvalue weighted by Crippen LogP contribution is -2.30. The molecule has 0 saturated carbocycles. The van der Waals surface area contributed by atoms with Gasteiger partial charge in [0.05, 0.1) is 0 Å². The third-order valence-corrected chi connectivity index (χ3v) is 2.98. The number of halogens is 1. The second-order valence-electron chi connectivity index (χ2n) is 4.66. The Labute approximate surface area is 104 Å². The maximum Gasteiger partial charge on any atom is 0.123 e. The minimum Gasteiger partial charge on any atom is -0.319 e. The van der Waals surface area contributed by atoms with Crippen molar-refractivity contribution in [2.45, 2.75) is 19.9 Å². The maximum atomic E-state index is 13.0. The summed E-state index contributed by atoms with van der Waals surface area (Å²) in [6.45, 7) is 5.08. The number of rotatable bonds is 7. The summed E-state index contributed by atoms with van der Waals surface area (Å²) in [6, 6.07) is 6.83. The number of hydrogen-bond acceptors (Lipinski definition) is 2. The summed E-state index contributed by atoms with van der Waals surface area (Å²) < 4.78 is 13.0. The molecule has 0 heterocycles. The summed E-state index contributed by atoms with van der Waals surface area (Å²) in [5.41, 5.74) is 1.03. The van der Waals surface area contributed by atoms with Crippen molar-refractivity contribution < 1.29 is 4.39 Å². The van der Waals surface area contributed by atoms with Gasteiger partial charge in [0.25, 0.3) is 0 Å². The van der Waals surface area contributed by atoms with Crippen LogP contribution in [0.3, 0.4) is 0 Å². The molecule has 0 aliphatic carbocycles. The van der Waals surface area contributed by atoms with Gasteiger partial charge in [-0.1, -0.05) is 25.5 Å². The SMILES string of the molecule is CCC(CNC)CN(C)Cc1cccc(F)c1. The molecule has 3 heteroatoms. The number of hydrogen-bond donors (Lipinski definition) is 1. The molecule has 0 aromatic heterocycles. The van der Waals surface area contributed by atoms with Crippen LogP contribution in [0.4, 0.5) is 4.39 Å². The summed E-state index contributed by atoms with van der Waals surface area (Å²) >= 11 is 0. The third-order valence-electron chi connectivity index (χ3n) is 2.98. The van der Waals surface area contributed by atoms with E-state index in [1.807, 2.05) is 13.1 Å². The first-order valence-electron chi connectivity index (χ1n) is 6.23. The van der Waals surface area contributed by atoms with E-state index in [-0.39, 0.29) is 5.82 Å². The fourth-order valence-corrected chi connectivity index (χ4v) is 2.08. The second-order valence-corrected chi connectivity index (χ2v) is 4.66. The first-order chi connectivity index (χ1) is 8.15. The quantitative estimate of drug-likeness (QED) is 0.785. The Kier molecular flexibility index (Phi) is 6.16. The van der Waals surface area contributed by atoms with Crippen molar-refractivity contribution in [1.29, 1.82) is 0 Å². The Morgan fingerprint density at radius 1 is 1.41 bits per heavy atom. The molecule has 96 valence electrons. The van der Waals surface area contributed by atoms with Gasteiger partial charge in [-0.05, 0) is 44.3 Å². The van der Waals surface area contributed by atoms with E-state index >= 15 is 0 Å². The molecule has 2 nitrogen and oxygen atoms in total. The van der Waals surface area contributed by atoms with E-state index < -0.39 is 0 Å². The number of nitrogens with zero attached hydrogens (tertiary/aromatic N) is 1. The lowest BCUT2D eigenvalue weighted by atomic mass is 10.1. The first-order valence-corrected chi connectivity index (χ1v) is 6.23. The minimum atomic E-state index is -0.154. The van der Waals surface area contributed by atoms with E-state index in [0.717, 1.165) is 31.6 Å². The highest BCUT2D eigenvalue weighted by atomic mass is 19.1. The topological polar surface area (TPSA) is 15.3 Å². The van der Waals surface area contributed by atoms with E-state index in [1.165, 1.54) is 6.07 Å². The van der Waals surface area contributed by atoms with Gasteiger partial charge in [-0.2, -0.15) is 0 Å². The van der Waals surface area contributed by atoms with E-state index in [0.29, 0.717) is 5.92 Å². The molecular formula is C14H23FN2. The summed E-state index contributed by atoms with van der Waals surface area (Å²) in [6.07, 6.45) is 1.16. The smallest absolute Gasteiger partial charge is 0.123 e. The monoisotopic (exact) mass is 238 g/mol. The lowest BCUT2D eigenvalue weighted by Gasteiger charge is -2.23. The van der Waals surface area contributed by atoms with Crippen LogP contribution in [0.1, 0.15) is 18.9 Å². The first kappa shape index (κ1) is 14.1. The zero-order valence-electron chi connectivity index (χ0n) is 11.0. The minimum absolute atomic E-state index is 0.154. The van der Waals surface area contributed by atoms with Gasteiger partial charge in [-0.15, -0.1) is 0 Å². The Balaban J connectivity index is 2.45. The van der Waals surface area contributed by atoms with Crippen molar-refractivity contribution in [3.05, 3.63) is 35.6 Å². The molecule has 0 spiro atoms.